The monoisotopic (exact) mass is 167 g/mol. The molecule has 0 aliphatic rings. The molecule has 0 fully saturated rings. The molecule has 0 spiro atoms. The molecule has 0 amide bonds. The molecule has 0 aliphatic heterocycles. The Bertz CT molecular complexity index is 233. The predicted octanol–water partition coefficient (Wildman–Crippen LogP) is -0.315. The molecule has 1 heterocycles. The van der Waals surface area contributed by atoms with Crippen molar-refractivity contribution in [2.24, 2.45) is 5.73 Å². The molecule has 3 N–H and O–H groups in total. The molecule has 1 aromatic heterocycles. The highest BCUT2D eigenvalue weighted by Crippen LogP contribution is 2.16. The summed E-state index contributed by atoms with van der Waals surface area (Å²) in [5.74, 6) is 0.593. The number of hydrogen-bond acceptors (Lipinski definition) is 4. The largest absolute Gasteiger partial charge is 0.395 e. The third-order valence-corrected chi connectivity index (χ3v) is 1.91. The molecule has 1 aromatic rings. The number of hydrogen-bond donors (Lipinski definition) is 2. The molecule has 66 valence electrons. The summed E-state index contributed by atoms with van der Waals surface area (Å²) in [7, 11) is 0. The van der Waals surface area contributed by atoms with E-state index < -0.39 is 5.41 Å². The number of nitrogens with zero attached hydrogens (tertiary/aromatic N) is 2. The van der Waals surface area contributed by atoms with E-state index in [-0.39, 0.29) is 6.61 Å². The van der Waals surface area contributed by atoms with Gasteiger partial charge in [0.15, 0.2) is 0 Å². The molecule has 12 heavy (non-hydrogen) atoms. The lowest BCUT2D eigenvalue weighted by atomic mass is 9.91. The van der Waals surface area contributed by atoms with Crippen LogP contribution >= 0.6 is 0 Å². The first-order valence-electron chi connectivity index (χ1n) is 3.81. The van der Waals surface area contributed by atoms with Gasteiger partial charge in [0.05, 0.1) is 12.0 Å². The predicted molar refractivity (Wildman–Crippen MR) is 45.5 cm³/mol. The van der Waals surface area contributed by atoms with E-state index in [4.69, 9.17) is 10.8 Å². The SMILES string of the molecule is CC(CN)(CO)c1ncccn1. The van der Waals surface area contributed by atoms with Crippen LogP contribution in [-0.2, 0) is 5.41 Å². The van der Waals surface area contributed by atoms with Crippen LogP contribution in [0.3, 0.4) is 0 Å². The molecule has 0 aromatic carbocycles. The first kappa shape index (κ1) is 9.09. The van der Waals surface area contributed by atoms with Crippen LogP contribution in [-0.4, -0.2) is 28.2 Å². The second-order valence-corrected chi connectivity index (χ2v) is 3.00. The summed E-state index contributed by atoms with van der Waals surface area (Å²) in [6.45, 7) is 2.14. The number of aromatic nitrogens is 2. The Morgan fingerprint density at radius 1 is 1.50 bits per heavy atom. The van der Waals surface area contributed by atoms with Crippen molar-refractivity contribution in [1.82, 2.24) is 9.97 Å². The molecule has 0 radical (unpaired) electrons. The van der Waals surface area contributed by atoms with Gasteiger partial charge in [-0.25, -0.2) is 9.97 Å². The summed E-state index contributed by atoms with van der Waals surface area (Å²) >= 11 is 0. The van der Waals surface area contributed by atoms with Crippen molar-refractivity contribution in [3.8, 4) is 0 Å². The lowest BCUT2D eigenvalue weighted by Crippen LogP contribution is -2.37. The summed E-state index contributed by atoms with van der Waals surface area (Å²) in [6, 6.07) is 1.73. The van der Waals surface area contributed by atoms with E-state index in [9.17, 15) is 0 Å². The highest BCUT2D eigenvalue weighted by atomic mass is 16.3. The van der Waals surface area contributed by atoms with Crippen molar-refractivity contribution < 1.29 is 5.11 Å². The zero-order chi connectivity index (χ0) is 9.03. The fraction of sp³-hybridized carbons (Fsp3) is 0.500. The van der Waals surface area contributed by atoms with E-state index in [1.54, 1.807) is 18.5 Å². The maximum absolute atomic E-state index is 9.08. The molecular weight excluding hydrogens is 154 g/mol. The minimum Gasteiger partial charge on any atom is -0.395 e. The second-order valence-electron chi connectivity index (χ2n) is 3.00. The highest BCUT2D eigenvalue weighted by molar-refractivity contribution is 5.06. The zero-order valence-corrected chi connectivity index (χ0v) is 7.07. The fourth-order valence-electron chi connectivity index (χ4n) is 0.837. The standard InChI is InChI=1S/C8H13N3O/c1-8(5-9,6-12)7-10-3-2-4-11-7/h2-4,12H,5-6,9H2,1H3. The summed E-state index contributed by atoms with van der Waals surface area (Å²) in [6.07, 6.45) is 3.29. The van der Waals surface area contributed by atoms with Gasteiger partial charge in [0, 0.05) is 18.9 Å². The van der Waals surface area contributed by atoms with Gasteiger partial charge < -0.3 is 10.8 Å². The Kier molecular flexibility index (Phi) is 2.73. The molecular formula is C8H13N3O. The van der Waals surface area contributed by atoms with Crippen molar-refractivity contribution in [3.63, 3.8) is 0 Å². The smallest absolute Gasteiger partial charge is 0.137 e. The first-order chi connectivity index (χ1) is 5.73. The van der Waals surface area contributed by atoms with Crippen LogP contribution in [0.2, 0.25) is 0 Å². The topological polar surface area (TPSA) is 72.0 Å². The van der Waals surface area contributed by atoms with Gasteiger partial charge in [-0.15, -0.1) is 0 Å². The number of aliphatic hydroxyl groups is 1. The summed E-state index contributed by atoms with van der Waals surface area (Å²) < 4.78 is 0. The van der Waals surface area contributed by atoms with Crippen LogP contribution in [0.5, 0.6) is 0 Å². The fourth-order valence-corrected chi connectivity index (χ4v) is 0.837. The average Bonchev–Trinajstić information content (AvgIpc) is 2.18. The molecule has 0 bridgehead atoms. The maximum Gasteiger partial charge on any atom is 0.137 e. The van der Waals surface area contributed by atoms with Gasteiger partial charge in [-0.2, -0.15) is 0 Å². The molecule has 0 saturated heterocycles. The Morgan fingerprint density at radius 3 is 2.50 bits per heavy atom. The van der Waals surface area contributed by atoms with Crippen LogP contribution in [0.1, 0.15) is 12.7 Å². The summed E-state index contributed by atoms with van der Waals surface area (Å²) in [5, 5.41) is 9.08. The van der Waals surface area contributed by atoms with Crippen molar-refractivity contribution in [3.05, 3.63) is 24.3 Å². The van der Waals surface area contributed by atoms with Crippen molar-refractivity contribution in [2.75, 3.05) is 13.2 Å². The first-order valence-corrected chi connectivity index (χ1v) is 3.81. The van der Waals surface area contributed by atoms with E-state index in [1.165, 1.54) is 0 Å². The van der Waals surface area contributed by atoms with Crippen LogP contribution in [0.15, 0.2) is 18.5 Å². The maximum atomic E-state index is 9.08. The molecule has 0 saturated carbocycles. The normalized spacial score (nSPS) is 15.6. The number of rotatable bonds is 3. The lowest BCUT2D eigenvalue weighted by Gasteiger charge is -2.22. The van der Waals surface area contributed by atoms with Gasteiger partial charge in [0.2, 0.25) is 0 Å². The van der Waals surface area contributed by atoms with Crippen LogP contribution in [0, 0.1) is 0 Å². The minimum absolute atomic E-state index is 0.0342. The summed E-state index contributed by atoms with van der Waals surface area (Å²) in [4.78, 5) is 8.08. The van der Waals surface area contributed by atoms with E-state index in [0.29, 0.717) is 12.4 Å². The van der Waals surface area contributed by atoms with E-state index in [1.807, 2.05) is 6.92 Å². The third kappa shape index (κ3) is 1.60. The van der Waals surface area contributed by atoms with Gasteiger partial charge in [0.1, 0.15) is 5.82 Å². The molecule has 1 atom stereocenters. The molecule has 4 nitrogen and oxygen atoms in total. The van der Waals surface area contributed by atoms with Gasteiger partial charge in [0.25, 0.3) is 0 Å². The molecule has 4 heteroatoms. The van der Waals surface area contributed by atoms with E-state index >= 15 is 0 Å². The van der Waals surface area contributed by atoms with Crippen molar-refractivity contribution in [1.29, 1.82) is 0 Å². The van der Waals surface area contributed by atoms with Gasteiger partial charge in [-0.3, -0.25) is 0 Å². The number of nitrogens with two attached hydrogens (primary N) is 1. The third-order valence-electron chi connectivity index (χ3n) is 1.91. The Morgan fingerprint density at radius 2 is 2.08 bits per heavy atom. The average molecular weight is 167 g/mol. The lowest BCUT2D eigenvalue weighted by molar-refractivity contribution is 0.203. The molecule has 1 unspecified atom stereocenters. The Hall–Kier alpha value is -1.00. The Balaban J connectivity index is 2.95. The van der Waals surface area contributed by atoms with Gasteiger partial charge in [-0.05, 0) is 13.0 Å². The van der Waals surface area contributed by atoms with Crippen LogP contribution in [0.4, 0.5) is 0 Å². The van der Waals surface area contributed by atoms with Crippen LogP contribution < -0.4 is 5.73 Å². The Labute approximate surface area is 71.5 Å². The van der Waals surface area contributed by atoms with E-state index in [2.05, 4.69) is 9.97 Å². The number of aliphatic hydroxyl groups excluding tert-OH is 1. The highest BCUT2D eigenvalue weighted by Gasteiger charge is 2.26. The second kappa shape index (κ2) is 3.60. The van der Waals surface area contributed by atoms with Gasteiger partial charge in [-0.1, -0.05) is 0 Å². The molecule has 0 aliphatic carbocycles. The quantitative estimate of drug-likeness (QED) is 0.647. The van der Waals surface area contributed by atoms with E-state index in [0.717, 1.165) is 0 Å². The molecule has 1 rings (SSSR count). The summed E-state index contributed by atoms with van der Waals surface area (Å²) in [5.41, 5.74) is 5.00. The van der Waals surface area contributed by atoms with Gasteiger partial charge >= 0.3 is 0 Å². The van der Waals surface area contributed by atoms with Crippen molar-refractivity contribution in [2.45, 2.75) is 12.3 Å². The van der Waals surface area contributed by atoms with Crippen molar-refractivity contribution >= 4 is 0 Å². The minimum atomic E-state index is -0.513. The van der Waals surface area contributed by atoms with Crippen LogP contribution in [0.25, 0.3) is 0 Å². The zero-order valence-electron chi connectivity index (χ0n) is 7.07.